The number of fused-ring (bicyclic) bond motifs is 2. The standard InChI is InChI=1S/C20H28N2O4S/c23-20-18-6-1-2-7-19(18)22(11-13-26-12-10-21-20)27(24,25)17-9-8-15-4-3-5-16(15)14-17/h8-9,14,18-19H,1-7,10-13H2,(H,21,23). The Kier molecular flexibility index (Phi) is 5.53. The van der Waals surface area contributed by atoms with E-state index in [1.54, 1.807) is 10.4 Å². The summed E-state index contributed by atoms with van der Waals surface area (Å²) in [4.78, 5) is 13.0. The molecule has 4 rings (SSSR count). The van der Waals surface area contributed by atoms with Crippen molar-refractivity contribution >= 4 is 15.9 Å². The van der Waals surface area contributed by atoms with E-state index < -0.39 is 10.0 Å². The van der Waals surface area contributed by atoms with Crippen molar-refractivity contribution in [3.05, 3.63) is 29.3 Å². The molecule has 1 heterocycles. The Morgan fingerprint density at radius 1 is 1.04 bits per heavy atom. The molecule has 2 unspecified atom stereocenters. The van der Waals surface area contributed by atoms with Gasteiger partial charge in [-0.3, -0.25) is 4.79 Å². The van der Waals surface area contributed by atoms with Gasteiger partial charge in [-0.05, 0) is 55.4 Å². The van der Waals surface area contributed by atoms with Crippen molar-refractivity contribution in [3.8, 4) is 0 Å². The molecule has 1 aromatic carbocycles. The molecule has 1 saturated heterocycles. The molecule has 3 aliphatic rings. The first-order chi connectivity index (χ1) is 13.1. The molecule has 1 N–H and O–H groups in total. The zero-order valence-corrected chi connectivity index (χ0v) is 16.5. The van der Waals surface area contributed by atoms with Crippen LogP contribution in [0.5, 0.6) is 0 Å². The monoisotopic (exact) mass is 392 g/mol. The minimum Gasteiger partial charge on any atom is -0.378 e. The third kappa shape index (κ3) is 3.77. The summed E-state index contributed by atoms with van der Waals surface area (Å²) < 4.78 is 34.2. The lowest BCUT2D eigenvalue weighted by Gasteiger charge is -2.39. The third-order valence-electron chi connectivity index (χ3n) is 6.11. The highest BCUT2D eigenvalue weighted by Gasteiger charge is 2.41. The summed E-state index contributed by atoms with van der Waals surface area (Å²) >= 11 is 0. The largest absolute Gasteiger partial charge is 0.378 e. The second-order valence-electron chi connectivity index (χ2n) is 7.76. The van der Waals surface area contributed by atoms with E-state index in [2.05, 4.69) is 5.32 Å². The van der Waals surface area contributed by atoms with Crippen LogP contribution < -0.4 is 5.32 Å². The highest BCUT2D eigenvalue weighted by atomic mass is 32.2. The zero-order chi connectivity index (χ0) is 18.9. The molecule has 0 spiro atoms. The topological polar surface area (TPSA) is 75.7 Å². The molecule has 2 fully saturated rings. The van der Waals surface area contributed by atoms with E-state index in [0.717, 1.165) is 50.5 Å². The number of aryl methyl sites for hydroxylation is 2. The lowest BCUT2D eigenvalue weighted by Crippen LogP contribution is -2.52. The number of sulfonamides is 1. The maximum Gasteiger partial charge on any atom is 0.243 e. The number of hydrogen-bond donors (Lipinski definition) is 1. The third-order valence-corrected chi connectivity index (χ3v) is 8.03. The van der Waals surface area contributed by atoms with Crippen LogP contribution in [-0.2, 0) is 32.4 Å². The van der Waals surface area contributed by atoms with E-state index in [1.807, 2.05) is 12.1 Å². The van der Waals surface area contributed by atoms with Crippen LogP contribution in [0.4, 0.5) is 0 Å². The SMILES string of the molecule is O=C1NCCOCCN(S(=O)(=O)c2ccc3c(c2)CCC3)C2CCCCC12. The van der Waals surface area contributed by atoms with Gasteiger partial charge in [0.25, 0.3) is 0 Å². The van der Waals surface area contributed by atoms with Crippen LogP contribution in [-0.4, -0.2) is 51.0 Å². The van der Waals surface area contributed by atoms with E-state index in [1.165, 1.54) is 5.56 Å². The van der Waals surface area contributed by atoms with Crippen LogP contribution in [0.15, 0.2) is 23.1 Å². The number of rotatable bonds is 2. The molecule has 148 valence electrons. The van der Waals surface area contributed by atoms with Gasteiger partial charge in [0.2, 0.25) is 15.9 Å². The number of nitrogens with one attached hydrogen (secondary N) is 1. The molecule has 0 bridgehead atoms. The Labute approximate surface area is 161 Å². The first kappa shape index (κ1) is 18.9. The number of carbonyl (C=O) groups excluding carboxylic acids is 1. The number of ether oxygens (including phenoxy) is 1. The molecular weight excluding hydrogens is 364 g/mol. The van der Waals surface area contributed by atoms with Crippen LogP contribution in [0.2, 0.25) is 0 Å². The second-order valence-corrected chi connectivity index (χ2v) is 9.65. The molecular formula is C20H28N2O4S. The minimum atomic E-state index is -3.67. The fourth-order valence-electron chi connectivity index (χ4n) is 4.70. The highest BCUT2D eigenvalue weighted by Crippen LogP contribution is 2.34. The minimum absolute atomic E-state index is 0.0423. The van der Waals surface area contributed by atoms with Gasteiger partial charge in [0.05, 0.1) is 24.0 Å². The fourth-order valence-corrected chi connectivity index (χ4v) is 6.43. The van der Waals surface area contributed by atoms with Crippen molar-refractivity contribution < 1.29 is 17.9 Å². The molecule has 0 aromatic heterocycles. The lowest BCUT2D eigenvalue weighted by atomic mass is 9.83. The molecule has 7 heteroatoms. The fraction of sp³-hybridized carbons (Fsp3) is 0.650. The maximum atomic E-state index is 13.6. The lowest BCUT2D eigenvalue weighted by molar-refractivity contribution is -0.128. The second kappa shape index (κ2) is 7.89. The molecule has 2 atom stereocenters. The van der Waals surface area contributed by atoms with Crippen LogP contribution in [0.25, 0.3) is 0 Å². The van der Waals surface area contributed by atoms with Gasteiger partial charge in [-0.2, -0.15) is 4.31 Å². The Morgan fingerprint density at radius 2 is 1.85 bits per heavy atom. The van der Waals surface area contributed by atoms with Gasteiger partial charge in [-0.1, -0.05) is 18.9 Å². The van der Waals surface area contributed by atoms with Crippen molar-refractivity contribution in [1.29, 1.82) is 0 Å². The molecule has 2 aliphatic carbocycles. The highest BCUT2D eigenvalue weighted by molar-refractivity contribution is 7.89. The Morgan fingerprint density at radius 3 is 2.74 bits per heavy atom. The van der Waals surface area contributed by atoms with Crippen LogP contribution in [0, 0.1) is 5.92 Å². The smallest absolute Gasteiger partial charge is 0.243 e. The number of benzene rings is 1. The van der Waals surface area contributed by atoms with Gasteiger partial charge in [-0.15, -0.1) is 0 Å². The van der Waals surface area contributed by atoms with Gasteiger partial charge >= 0.3 is 0 Å². The van der Waals surface area contributed by atoms with Gasteiger partial charge < -0.3 is 10.1 Å². The molecule has 27 heavy (non-hydrogen) atoms. The quantitative estimate of drug-likeness (QED) is 0.834. The predicted molar refractivity (Wildman–Crippen MR) is 102 cm³/mol. The number of nitrogens with zero attached hydrogens (tertiary/aromatic N) is 1. The Bertz CT molecular complexity index is 808. The zero-order valence-electron chi connectivity index (χ0n) is 15.7. The van der Waals surface area contributed by atoms with E-state index in [4.69, 9.17) is 4.74 Å². The van der Waals surface area contributed by atoms with Gasteiger partial charge in [0.15, 0.2) is 0 Å². The molecule has 0 radical (unpaired) electrons. The Hall–Kier alpha value is -1.44. The van der Waals surface area contributed by atoms with E-state index in [-0.39, 0.29) is 17.9 Å². The van der Waals surface area contributed by atoms with Gasteiger partial charge in [0.1, 0.15) is 0 Å². The summed E-state index contributed by atoms with van der Waals surface area (Å²) in [6.07, 6.45) is 6.44. The molecule has 1 amide bonds. The van der Waals surface area contributed by atoms with Crippen LogP contribution >= 0.6 is 0 Å². The molecule has 1 aromatic rings. The predicted octanol–water partition coefficient (Wildman–Crippen LogP) is 1.87. The summed E-state index contributed by atoms with van der Waals surface area (Å²) in [5.74, 6) is -0.319. The Balaban J connectivity index is 1.69. The normalized spacial score (nSPS) is 27.5. The van der Waals surface area contributed by atoms with Crippen molar-refractivity contribution in [1.82, 2.24) is 9.62 Å². The first-order valence-corrected chi connectivity index (χ1v) is 11.5. The van der Waals surface area contributed by atoms with Crippen molar-refractivity contribution in [2.45, 2.75) is 55.9 Å². The van der Waals surface area contributed by atoms with Crippen molar-refractivity contribution in [2.24, 2.45) is 5.92 Å². The first-order valence-electron chi connectivity index (χ1n) is 10.1. The van der Waals surface area contributed by atoms with Crippen molar-refractivity contribution in [3.63, 3.8) is 0 Å². The van der Waals surface area contributed by atoms with Crippen molar-refractivity contribution in [2.75, 3.05) is 26.3 Å². The van der Waals surface area contributed by atoms with Gasteiger partial charge in [-0.25, -0.2) is 8.42 Å². The van der Waals surface area contributed by atoms with E-state index >= 15 is 0 Å². The number of amides is 1. The summed E-state index contributed by atoms with van der Waals surface area (Å²) in [6, 6.07) is 5.24. The number of hydrogen-bond acceptors (Lipinski definition) is 4. The average molecular weight is 393 g/mol. The molecule has 6 nitrogen and oxygen atoms in total. The molecule has 1 aliphatic heterocycles. The summed E-state index contributed by atoms with van der Waals surface area (Å²) in [7, 11) is -3.67. The maximum absolute atomic E-state index is 13.6. The summed E-state index contributed by atoms with van der Waals surface area (Å²) in [6.45, 7) is 1.55. The summed E-state index contributed by atoms with van der Waals surface area (Å²) in [5.41, 5.74) is 2.40. The van der Waals surface area contributed by atoms with Crippen LogP contribution in [0.3, 0.4) is 0 Å². The van der Waals surface area contributed by atoms with Gasteiger partial charge in [0, 0.05) is 19.1 Å². The van der Waals surface area contributed by atoms with Crippen LogP contribution in [0.1, 0.15) is 43.2 Å². The van der Waals surface area contributed by atoms with E-state index in [0.29, 0.717) is 31.2 Å². The average Bonchev–Trinajstić information content (AvgIpc) is 3.15. The molecule has 1 saturated carbocycles. The number of carbonyl (C=O) groups is 1. The summed E-state index contributed by atoms with van der Waals surface area (Å²) in [5, 5.41) is 2.91. The van der Waals surface area contributed by atoms with E-state index in [9.17, 15) is 13.2 Å².